The normalized spacial score (nSPS) is 13.8. The lowest BCUT2D eigenvalue weighted by molar-refractivity contribution is 0.111. The molecule has 3 heterocycles. The number of rotatable bonds is 8. The van der Waals surface area contributed by atoms with E-state index in [-0.39, 0.29) is 5.69 Å². The summed E-state index contributed by atoms with van der Waals surface area (Å²) in [6.45, 7) is 5.28. The number of aromatic nitrogens is 3. The zero-order chi connectivity index (χ0) is 22.7. The van der Waals surface area contributed by atoms with Crippen molar-refractivity contribution in [3.63, 3.8) is 0 Å². The molecule has 0 atom stereocenters. The summed E-state index contributed by atoms with van der Waals surface area (Å²) in [6, 6.07) is 15.2. The smallest absolute Gasteiger partial charge is 0.225 e. The fraction of sp³-hybridized carbons (Fsp3) is 0.308. The summed E-state index contributed by atoms with van der Waals surface area (Å²) in [5, 5.41) is 0. The maximum absolute atomic E-state index is 11.4. The van der Waals surface area contributed by atoms with E-state index >= 15 is 0 Å². The van der Waals surface area contributed by atoms with Crippen molar-refractivity contribution in [2.75, 3.05) is 37.6 Å². The molecule has 1 aliphatic heterocycles. The van der Waals surface area contributed by atoms with Gasteiger partial charge in [0.15, 0.2) is 6.29 Å². The molecule has 4 rings (SSSR count). The zero-order valence-corrected chi connectivity index (χ0v) is 18.6. The molecule has 0 radical (unpaired) electrons. The number of hydrogen-bond donors (Lipinski definition) is 0. The molecule has 0 unspecified atom stereocenters. The lowest BCUT2D eigenvalue weighted by atomic mass is 10.2. The Hall–Kier alpha value is -3.76. The van der Waals surface area contributed by atoms with E-state index in [2.05, 4.69) is 36.6 Å². The predicted molar refractivity (Wildman–Crippen MR) is 127 cm³/mol. The van der Waals surface area contributed by atoms with Crippen LogP contribution in [0.2, 0.25) is 0 Å². The van der Waals surface area contributed by atoms with Crippen LogP contribution in [0.1, 0.15) is 34.6 Å². The van der Waals surface area contributed by atoms with Crippen molar-refractivity contribution in [1.29, 1.82) is 0 Å². The number of nitrogens with zero attached hydrogens (tertiary/aromatic N) is 5. The summed E-state index contributed by atoms with van der Waals surface area (Å²) in [4.78, 5) is 29.1. The van der Waals surface area contributed by atoms with Gasteiger partial charge in [-0.2, -0.15) is 0 Å². The Labute approximate surface area is 194 Å². The molecule has 0 bridgehead atoms. The Kier molecular flexibility index (Phi) is 7.98. The molecule has 3 aromatic rings. The van der Waals surface area contributed by atoms with Crippen molar-refractivity contribution in [2.24, 2.45) is 0 Å². The molecular formula is C26H27N5O2. The lowest BCUT2D eigenvalue weighted by Gasteiger charge is -2.34. The fourth-order valence-corrected chi connectivity index (χ4v) is 3.64. The van der Waals surface area contributed by atoms with Gasteiger partial charge in [0.1, 0.15) is 23.7 Å². The molecule has 0 saturated carbocycles. The highest BCUT2D eigenvalue weighted by molar-refractivity contribution is 5.76. The van der Waals surface area contributed by atoms with Crippen molar-refractivity contribution >= 4 is 12.2 Å². The van der Waals surface area contributed by atoms with E-state index in [9.17, 15) is 4.79 Å². The standard InChI is InChI=1S/C26H27N5O2/c32-20-24-25(33-21-22-8-3-1-4-9-22)12-11-23(29-24)10-5-2-6-15-30-16-18-31(19-17-30)26-27-13-7-14-28-26/h1,3-4,7-9,11-14,20H,2,6,15-19,21H2. The Balaban J connectivity index is 1.21. The second-order valence-electron chi connectivity index (χ2n) is 7.75. The number of hydrogen-bond acceptors (Lipinski definition) is 7. The van der Waals surface area contributed by atoms with Crippen LogP contribution >= 0.6 is 0 Å². The van der Waals surface area contributed by atoms with Crippen LogP contribution in [0.4, 0.5) is 5.95 Å². The Bertz CT molecular complexity index is 1090. The van der Waals surface area contributed by atoms with Gasteiger partial charge in [-0.15, -0.1) is 0 Å². The lowest BCUT2D eigenvalue weighted by Crippen LogP contribution is -2.47. The fourth-order valence-electron chi connectivity index (χ4n) is 3.64. The summed E-state index contributed by atoms with van der Waals surface area (Å²) in [7, 11) is 0. The molecule has 1 aromatic carbocycles. The topological polar surface area (TPSA) is 71.5 Å². The van der Waals surface area contributed by atoms with Gasteiger partial charge in [-0.1, -0.05) is 36.3 Å². The van der Waals surface area contributed by atoms with Gasteiger partial charge >= 0.3 is 0 Å². The SMILES string of the molecule is O=Cc1nc(C#CCCCN2CCN(c3ncccn3)CC2)ccc1OCc1ccccc1. The maximum Gasteiger partial charge on any atom is 0.225 e. The van der Waals surface area contributed by atoms with E-state index in [1.54, 1.807) is 24.5 Å². The van der Waals surface area contributed by atoms with Gasteiger partial charge in [0.2, 0.25) is 5.95 Å². The predicted octanol–water partition coefficient (Wildman–Crippen LogP) is 3.22. The first-order valence-corrected chi connectivity index (χ1v) is 11.2. The van der Waals surface area contributed by atoms with Crippen molar-refractivity contribution in [2.45, 2.75) is 19.4 Å². The van der Waals surface area contributed by atoms with Gasteiger partial charge < -0.3 is 9.64 Å². The first-order valence-electron chi connectivity index (χ1n) is 11.2. The Morgan fingerprint density at radius 2 is 1.76 bits per heavy atom. The zero-order valence-electron chi connectivity index (χ0n) is 18.6. The average Bonchev–Trinajstić information content (AvgIpc) is 2.89. The molecule has 1 aliphatic rings. The van der Waals surface area contributed by atoms with Gasteiger partial charge in [0.05, 0.1) is 0 Å². The molecule has 7 heteroatoms. The van der Waals surface area contributed by atoms with Gasteiger partial charge in [0, 0.05) is 45.0 Å². The molecule has 1 fully saturated rings. The molecular weight excluding hydrogens is 414 g/mol. The van der Waals surface area contributed by atoms with Crippen LogP contribution in [0.3, 0.4) is 0 Å². The highest BCUT2D eigenvalue weighted by atomic mass is 16.5. The maximum atomic E-state index is 11.4. The summed E-state index contributed by atoms with van der Waals surface area (Å²) in [6.07, 6.45) is 6.06. The number of aldehydes is 1. The minimum atomic E-state index is 0.276. The summed E-state index contributed by atoms with van der Waals surface area (Å²) in [5.41, 5.74) is 1.90. The molecule has 2 aromatic heterocycles. The highest BCUT2D eigenvalue weighted by Crippen LogP contribution is 2.17. The van der Waals surface area contributed by atoms with Gasteiger partial charge in [-0.3, -0.25) is 9.69 Å². The number of carbonyl (C=O) groups excluding carboxylic acids is 1. The molecule has 0 aliphatic carbocycles. The molecule has 33 heavy (non-hydrogen) atoms. The molecule has 168 valence electrons. The third-order valence-corrected chi connectivity index (χ3v) is 5.43. The van der Waals surface area contributed by atoms with Crippen LogP contribution in [-0.2, 0) is 6.61 Å². The number of ether oxygens (including phenoxy) is 1. The number of piperazine rings is 1. The van der Waals surface area contributed by atoms with Crippen LogP contribution in [0.5, 0.6) is 5.75 Å². The third-order valence-electron chi connectivity index (χ3n) is 5.43. The molecule has 1 saturated heterocycles. The number of anilines is 1. The van der Waals surface area contributed by atoms with E-state index in [0.29, 0.717) is 24.3 Å². The largest absolute Gasteiger partial charge is 0.487 e. The van der Waals surface area contributed by atoms with E-state index in [0.717, 1.165) is 57.1 Å². The molecule has 0 amide bonds. The van der Waals surface area contributed by atoms with Crippen LogP contribution in [0, 0.1) is 11.8 Å². The van der Waals surface area contributed by atoms with Crippen LogP contribution < -0.4 is 9.64 Å². The van der Waals surface area contributed by atoms with Crippen LogP contribution in [0.25, 0.3) is 0 Å². The summed E-state index contributed by atoms with van der Waals surface area (Å²) >= 11 is 0. The second kappa shape index (κ2) is 11.7. The van der Waals surface area contributed by atoms with Gasteiger partial charge in [-0.05, 0) is 42.6 Å². The first kappa shape index (κ1) is 22.4. The molecule has 7 nitrogen and oxygen atoms in total. The van der Waals surface area contributed by atoms with Crippen molar-refractivity contribution in [3.8, 4) is 17.6 Å². The third kappa shape index (κ3) is 6.61. The van der Waals surface area contributed by atoms with Crippen molar-refractivity contribution < 1.29 is 9.53 Å². The monoisotopic (exact) mass is 441 g/mol. The number of pyridine rings is 1. The molecule has 0 N–H and O–H groups in total. The Morgan fingerprint density at radius 3 is 2.52 bits per heavy atom. The first-order chi connectivity index (χ1) is 16.3. The number of benzene rings is 1. The average molecular weight is 442 g/mol. The summed E-state index contributed by atoms with van der Waals surface area (Å²) in [5.74, 6) is 7.52. The van der Waals surface area contributed by atoms with Crippen molar-refractivity contribution in [1.82, 2.24) is 19.9 Å². The van der Waals surface area contributed by atoms with E-state index < -0.39 is 0 Å². The van der Waals surface area contributed by atoms with Gasteiger partial charge in [-0.25, -0.2) is 15.0 Å². The minimum absolute atomic E-state index is 0.276. The van der Waals surface area contributed by atoms with E-state index in [1.807, 2.05) is 36.4 Å². The van der Waals surface area contributed by atoms with E-state index in [4.69, 9.17) is 4.74 Å². The van der Waals surface area contributed by atoms with Crippen LogP contribution in [0.15, 0.2) is 60.9 Å². The van der Waals surface area contributed by atoms with Crippen LogP contribution in [-0.4, -0.2) is 58.9 Å². The summed E-state index contributed by atoms with van der Waals surface area (Å²) < 4.78 is 5.76. The number of carbonyl (C=O) groups is 1. The number of unbranched alkanes of at least 4 members (excludes halogenated alkanes) is 1. The quantitative estimate of drug-likeness (QED) is 0.302. The second-order valence-corrected chi connectivity index (χ2v) is 7.75. The van der Waals surface area contributed by atoms with E-state index in [1.165, 1.54) is 0 Å². The minimum Gasteiger partial charge on any atom is -0.487 e. The van der Waals surface area contributed by atoms with Gasteiger partial charge in [0.25, 0.3) is 0 Å². The Morgan fingerprint density at radius 1 is 0.970 bits per heavy atom. The molecule has 0 spiro atoms. The van der Waals surface area contributed by atoms with Crippen molar-refractivity contribution in [3.05, 3.63) is 77.9 Å². The highest BCUT2D eigenvalue weighted by Gasteiger charge is 2.17.